The van der Waals surface area contributed by atoms with Crippen LogP contribution in [0.15, 0.2) is 24.5 Å². The zero-order valence-corrected chi connectivity index (χ0v) is 13.6. The molecule has 1 aromatic carbocycles. The fourth-order valence-corrected chi connectivity index (χ4v) is 3.13. The van der Waals surface area contributed by atoms with Gasteiger partial charge in [-0.15, -0.1) is 0 Å². The van der Waals surface area contributed by atoms with Crippen molar-refractivity contribution in [3.8, 4) is 11.1 Å². The number of hydrogen-bond acceptors (Lipinski definition) is 4. The molecule has 128 valence electrons. The van der Waals surface area contributed by atoms with Gasteiger partial charge in [-0.2, -0.15) is 0 Å². The maximum absolute atomic E-state index is 14.4. The van der Waals surface area contributed by atoms with Crippen LogP contribution in [0.3, 0.4) is 0 Å². The van der Waals surface area contributed by atoms with Gasteiger partial charge in [-0.05, 0) is 19.3 Å². The summed E-state index contributed by atoms with van der Waals surface area (Å²) in [6.45, 7) is 0. The summed E-state index contributed by atoms with van der Waals surface area (Å²) >= 11 is 6.23. The maximum Gasteiger partial charge on any atom is 0.181 e. The van der Waals surface area contributed by atoms with Crippen molar-refractivity contribution in [3.05, 3.63) is 47.1 Å². The zero-order valence-electron chi connectivity index (χ0n) is 12.9. The van der Waals surface area contributed by atoms with Crippen LogP contribution >= 0.6 is 11.6 Å². The Morgan fingerprint density at radius 2 is 1.68 bits per heavy atom. The number of anilines is 1. The van der Waals surface area contributed by atoms with E-state index in [1.807, 2.05) is 0 Å². The molecule has 1 aliphatic carbocycles. The minimum Gasteiger partial charge on any atom is -0.380 e. The molecule has 1 fully saturated rings. The molecule has 1 aliphatic rings. The molecule has 8 heteroatoms. The van der Waals surface area contributed by atoms with E-state index >= 15 is 0 Å². The van der Waals surface area contributed by atoms with Crippen LogP contribution in [0.25, 0.3) is 22.3 Å². The second-order valence-corrected chi connectivity index (χ2v) is 6.26. The largest absolute Gasteiger partial charge is 0.380 e. The average Bonchev–Trinajstić information content (AvgIpc) is 2.51. The maximum atomic E-state index is 14.4. The van der Waals surface area contributed by atoms with Crippen molar-refractivity contribution in [1.82, 2.24) is 15.0 Å². The second-order valence-electron chi connectivity index (χ2n) is 5.90. The Hall–Kier alpha value is -2.41. The van der Waals surface area contributed by atoms with Crippen molar-refractivity contribution in [3.63, 3.8) is 0 Å². The molecule has 2 heterocycles. The third-order valence-electron chi connectivity index (χ3n) is 4.29. The van der Waals surface area contributed by atoms with Crippen LogP contribution in [0.1, 0.15) is 19.3 Å². The standard InChI is InChI=1S/C17H12ClF3N4/c18-16-13(12-10(20)6-8(19)7-11(12)21)14(24-9-2-1-3-9)15-17(25-16)23-5-4-22-15/h4-7,9H,1-3H2,(H,23,24,25). The van der Waals surface area contributed by atoms with E-state index in [0.717, 1.165) is 19.3 Å². The molecular formula is C17H12ClF3N4. The van der Waals surface area contributed by atoms with E-state index in [4.69, 9.17) is 11.6 Å². The van der Waals surface area contributed by atoms with Gasteiger partial charge in [0.2, 0.25) is 0 Å². The number of aromatic nitrogens is 3. The van der Waals surface area contributed by atoms with Crippen molar-refractivity contribution in [2.24, 2.45) is 0 Å². The zero-order chi connectivity index (χ0) is 17.6. The van der Waals surface area contributed by atoms with Crippen LogP contribution in [-0.2, 0) is 0 Å². The van der Waals surface area contributed by atoms with Gasteiger partial charge < -0.3 is 5.32 Å². The molecule has 25 heavy (non-hydrogen) atoms. The monoisotopic (exact) mass is 364 g/mol. The third-order valence-corrected chi connectivity index (χ3v) is 4.56. The summed E-state index contributed by atoms with van der Waals surface area (Å²) in [6, 6.07) is 1.37. The minimum absolute atomic E-state index is 0.0246. The highest BCUT2D eigenvalue weighted by molar-refractivity contribution is 6.33. The van der Waals surface area contributed by atoms with Gasteiger partial charge >= 0.3 is 0 Å². The van der Waals surface area contributed by atoms with Crippen LogP contribution < -0.4 is 5.32 Å². The van der Waals surface area contributed by atoms with Crippen molar-refractivity contribution < 1.29 is 13.2 Å². The predicted molar refractivity (Wildman–Crippen MR) is 88.9 cm³/mol. The molecule has 0 spiro atoms. The number of nitrogens with zero attached hydrogens (tertiary/aromatic N) is 3. The molecule has 0 unspecified atom stereocenters. The first-order valence-electron chi connectivity index (χ1n) is 7.76. The van der Waals surface area contributed by atoms with E-state index in [2.05, 4.69) is 20.3 Å². The van der Waals surface area contributed by atoms with E-state index in [9.17, 15) is 13.2 Å². The van der Waals surface area contributed by atoms with Gasteiger partial charge in [0.05, 0.1) is 16.8 Å². The summed E-state index contributed by atoms with van der Waals surface area (Å²) in [5.74, 6) is -3.11. The van der Waals surface area contributed by atoms with Gasteiger partial charge in [-0.25, -0.2) is 28.1 Å². The Kier molecular flexibility index (Phi) is 3.95. The van der Waals surface area contributed by atoms with Gasteiger partial charge in [-0.3, -0.25) is 0 Å². The quantitative estimate of drug-likeness (QED) is 0.683. The number of fused-ring (bicyclic) bond motifs is 1. The van der Waals surface area contributed by atoms with Gasteiger partial charge in [0, 0.05) is 30.6 Å². The lowest BCUT2D eigenvalue weighted by Crippen LogP contribution is -2.27. The number of pyridine rings is 1. The molecular weight excluding hydrogens is 353 g/mol. The molecule has 0 saturated heterocycles. The molecule has 0 bridgehead atoms. The van der Waals surface area contributed by atoms with Crippen molar-refractivity contribution in [1.29, 1.82) is 0 Å². The fraction of sp³-hybridized carbons (Fsp3) is 0.235. The SMILES string of the molecule is Fc1cc(F)c(-c2c(Cl)nc3nccnc3c2NC2CCC2)c(F)c1. The van der Waals surface area contributed by atoms with Gasteiger partial charge in [0.25, 0.3) is 0 Å². The number of benzene rings is 1. The molecule has 3 aromatic rings. The van der Waals surface area contributed by atoms with Crippen LogP contribution in [0.2, 0.25) is 5.15 Å². The number of hydrogen-bond donors (Lipinski definition) is 1. The molecule has 0 radical (unpaired) electrons. The molecule has 4 nitrogen and oxygen atoms in total. The second kappa shape index (κ2) is 6.15. The van der Waals surface area contributed by atoms with Crippen LogP contribution in [-0.4, -0.2) is 21.0 Å². The Bertz CT molecular complexity index is 953. The van der Waals surface area contributed by atoms with E-state index in [0.29, 0.717) is 23.3 Å². The summed E-state index contributed by atoms with van der Waals surface area (Å²) < 4.78 is 42.0. The summed E-state index contributed by atoms with van der Waals surface area (Å²) in [5, 5.41) is 3.12. The Morgan fingerprint density at radius 3 is 2.32 bits per heavy atom. The van der Waals surface area contributed by atoms with E-state index < -0.39 is 23.0 Å². The van der Waals surface area contributed by atoms with Crippen molar-refractivity contribution in [2.45, 2.75) is 25.3 Å². The molecule has 1 N–H and O–H groups in total. The fourth-order valence-electron chi connectivity index (χ4n) is 2.87. The topological polar surface area (TPSA) is 50.7 Å². The molecule has 2 aromatic heterocycles. The van der Waals surface area contributed by atoms with Gasteiger partial charge in [0.1, 0.15) is 28.1 Å². The molecule has 0 atom stereocenters. The Labute approximate surface area is 146 Å². The number of halogens is 4. The van der Waals surface area contributed by atoms with Crippen LogP contribution in [0, 0.1) is 17.5 Å². The lowest BCUT2D eigenvalue weighted by Gasteiger charge is -2.29. The van der Waals surface area contributed by atoms with E-state index in [1.165, 1.54) is 12.4 Å². The Morgan fingerprint density at radius 1 is 1.00 bits per heavy atom. The summed E-state index contributed by atoms with van der Waals surface area (Å²) in [7, 11) is 0. The molecule has 0 amide bonds. The molecule has 0 aliphatic heterocycles. The normalized spacial score (nSPS) is 14.6. The minimum atomic E-state index is -1.05. The van der Waals surface area contributed by atoms with Crippen LogP contribution in [0.5, 0.6) is 0 Å². The van der Waals surface area contributed by atoms with Crippen LogP contribution in [0.4, 0.5) is 18.9 Å². The van der Waals surface area contributed by atoms with Gasteiger partial charge in [0.15, 0.2) is 5.65 Å². The smallest absolute Gasteiger partial charge is 0.181 e. The first-order chi connectivity index (χ1) is 12.0. The highest BCUT2D eigenvalue weighted by Crippen LogP contribution is 2.41. The van der Waals surface area contributed by atoms with E-state index in [1.54, 1.807) is 0 Å². The Balaban J connectivity index is 2.02. The highest BCUT2D eigenvalue weighted by Gasteiger charge is 2.26. The summed E-state index contributed by atoms with van der Waals surface area (Å²) in [6.07, 6.45) is 5.84. The van der Waals surface area contributed by atoms with Gasteiger partial charge in [-0.1, -0.05) is 11.6 Å². The summed E-state index contributed by atoms with van der Waals surface area (Å²) in [5.41, 5.74) is 0.569. The highest BCUT2D eigenvalue weighted by atomic mass is 35.5. The van der Waals surface area contributed by atoms with E-state index in [-0.39, 0.29) is 22.4 Å². The number of nitrogens with one attached hydrogen (secondary N) is 1. The molecule has 1 saturated carbocycles. The first-order valence-corrected chi connectivity index (χ1v) is 8.14. The number of rotatable bonds is 3. The lowest BCUT2D eigenvalue weighted by molar-refractivity contribution is 0.446. The average molecular weight is 365 g/mol. The predicted octanol–water partition coefficient (Wildman–Crippen LogP) is 4.73. The third kappa shape index (κ3) is 2.78. The van der Waals surface area contributed by atoms with Crippen molar-refractivity contribution in [2.75, 3.05) is 5.32 Å². The first kappa shape index (κ1) is 16.1. The molecule has 4 rings (SSSR count). The van der Waals surface area contributed by atoms with Crippen molar-refractivity contribution >= 4 is 28.5 Å². The lowest BCUT2D eigenvalue weighted by atomic mass is 9.92. The summed E-state index contributed by atoms with van der Waals surface area (Å²) in [4.78, 5) is 12.4.